The van der Waals surface area contributed by atoms with Crippen LogP contribution in [0.15, 0.2) is 42.5 Å². The van der Waals surface area contributed by atoms with Gasteiger partial charge in [-0.15, -0.1) is 0 Å². The van der Waals surface area contributed by atoms with Crippen molar-refractivity contribution in [3.63, 3.8) is 0 Å². The molecule has 0 aliphatic rings. The molecule has 0 aliphatic carbocycles. The maximum atomic E-state index is 12.9. The zero-order chi connectivity index (χ0) is 19.1. The van der Waals surface area contributed by atoms with Gasteiger partial charge in [-0.1, -0.05) is 12.1 Å². The minimum Gasteiger partial charge on any atom is -0.494 e. The van der Waals surface area contributed by atoms with E-state index < -0.39 is 6.03 Å². The number of amides is 2. The minimum absolute atomic E-state index is 0.261. The number of carbonyl (C=O) groups excluding carboxylic acids is 1. The molecule has 0 atom stereocenters. The number of H-pyrrole nitrogens is 1. The summed E-state index contributed by atoms with van der Waals surface area (Å²) in [7, 11) is 0. The number of urea groups is 1. The first kappa shape index (κ1) is 18.6. The number of alkyl halides is 1. The molecule has 0 spiro atoms. The Labute approximate surface area is 154 Å². The quantitative estimate of drug-likeness (QED) is 0.518. The van der Waals surface area contributed by atoms with Crippen LogP contribution in [-0.2, 0) is 6.54 Å². The number of anilines is 1. The lowest BCUT2D eigenvalue weighted by Crippen LogP contribution is -2.28. The Morgan fingerprint density at radius 1 is 1.15 bits per heavy atom. The molecule has 1 aromatic heterocycles. The molecule has 8 heteroatoms. The van der Waals surface area contributed by atoms with Gasteiger partial charge in [0.15, 0.2) is 5.82 Å². The van der Waals surface area contributed by atoms with Crippen LogP contribution < -0.4 is 15.4 Å². The van der Waals surface area contributed by atoms with E-state index in [0.717, 1.165) is 11.1 Å². The van der Waals surface area contributed by atoms with Gasteiger partial charge in [0.25, 0.3) is 0 Å². The van der Waals surface area contributed by atoms with Gasteiger partial charge in [-0.3, -0.25) is 14.8 Å². The van der Waals surface area contributed by atoms with Gasteiger partial charge in [-0.05, 0) is 48.7 Å². The molecule has 0 unspecified atom stereocenters. The normalized spacial score (nSPS) is 10.7. The van der Waals surface area contributed by atoms with Gasteiger partial charge in [0.05, 0.1) is 18.8 Å². The average molecular weight is 374 g/mol. The fourth-order valence-corrected chi connectivity index (χ4v) is 2.50. The number of aromatic nitrogens is 2. The summed E-state index contributed by atoms with van der Waals surface area (Å²) < 4.78 is 30.6. The molecule has 0 radical (unpaired) electrons. The topological polar surface area (TPSA) is 79.0 Å². The number of halogens is 2. The van der Waals surface area contributed by atoms with Crippen LogP contribution in [-0.4, -0.2) is 29.5 Å². The molecule has 6 nitrogen and oxygen atoms in total. The fourth-order valence-electron chi connectivity index (χ4n) is 2.50. The second-order valence-corrected chi connectivity index (χ2v) is 5.96. The van der Waals surface area contributed by atoms with Crippen LogP contribution in [0.2, 0.25) is 0 Å². The SMILES string of the molecule is O=C(NCc1ccc(F)cc1)Nc1n[nH]c2ccc(OCCCCF)cc12. The minimum atomic E-state index is -0.429. The van der Waals surface area contributed by atoms with Crippen molar-refractivity contribution in [3.8, 4) is 5.75 Å². The summed E-state index contributed by atoms with van der Waals surface area (Å²) in [6.07, 6.45) is 1.10. The molecular formula is C19H20F2N4O2. The Balaban J connectivity index is 1.59. The number of fused-ring (bicyclic) bond motifs is 1. The lowest BCUT2D eigenvalue weighted by atomic mass is 10.2. The van der Waals surface area contributed by atoms with Crippen LogP contribution in [0.5, 0.6) is 5.75 Å². The maximum absolute atomic E-state index is 12.9. The van der Waals surface area contributed by atoms with Crippen LogP contribution in [0.25, 0.3) is 10.9 Å². The largest absolute Gasteiger partial charge is 0.494 e. The number of rotatable bonds is 8. The lowest BCUT2D eigenvalue weighted by molar-refractivity contribution is 0.251. The van der Waals surface area contributed by atoms with Crippen LogP contribution >= 0.6 is 0 Å². The first-order valence-corrected chi connectivity index (χ1v) is 8.62. The van der Waals surface area contributed by atoms with Crippen molar-refractivity contribution in [3.05, 3.63) is 53.8 Å². The molecule has 1 heterocycles. The molecule has 3 N–H and O–H groups in total. The van der Waals surface area contributed by atoms with Gasteiger partial charge < -0.3 is 10.1 Å². The number of carbonyl (C=O) groups is 1. The zero-order valence-electron chi connectivity index (χ0n) is 14.6. The molecule has 0 bridgehead atoms. The van der Waals surface area contributed by atoms with E-state index in [1.165, 1.54) is 12.1 Å². The Morgan fingerprint density at radius 3 is 2.74 bits per heavy atom. The van der Waals surface area contributed by atoms with Crippen molar-refractivity contribution in [2.75, 3.05) is 18.6 Å². The van der Waals surface area contributed by atoms with E-state index >= 15 is 0 Å². The van der Waals surface area contributed by atoms with E-state index in [0.29, 0.717) is 36.4 Å². The molecule has 0 aliphatic heterocycles. The summed E-state index contributed by atoms with van der Waals surface area (Å²) in [5.41, 5.74) is 1.53. The van der Waals surface area contributed by atoms with Crippen LogP contribution in [0.3, 0.4) is 0 Å². The number of ether oxygens (including phenoxy) is 1. The van der Waals surface area contributed by atoms with E-state index in [9.17, 15) is 13.6 Å². The molecule has 0 fully saturated rings. The number of hydrogen-bond acceptors (Lipinski definition) is 3. The van der Waals surface area contributed by atoms with Crippen molar-refractivity contribution in [1.82, 2.24) is 15.5 Å². The Morgan fingerprint density at radius 2 is 1.96 bits per heavy atom. The van der Waals surface area contributed by atoms with Crippen molar-refractivity contribution in [2.24, 2.45) is 0 Å². The summed E-state index contributed by atoms with van der Waals surface area (Å²) in [5.74, 6) is 0.669. The van der Waals surface area contributed by atoms with Gasteiger partial charge >= 0.3 is 6.03 Å². The number of nitrogens with zero attached hydrogens (tertiary/aromatic N) is 1. The smallest absolute Gasteiger partial charge is 0.320 e. The highest BCUT2D eigenvalue weighted by atomic mass is 19.1. The van der Waals surface area contributed by atoms with Gasteiger partial charge in [-0.2, -0.15) is 5.10 Å². The number of aromatic amines is 1. The third kappa shape index (κ3) is 5.16. The molecule has 0 saturated carbocycles. The monoisotopic (exact) mass is 374 g/mol. The van der Waals surface area contributed by atoms with E-state index in [2.05, 4.69) is 20.8 Å². The number of hydrogen-bond donors (Lipinski definition) is 3. The van der Waals surface area contributed by atoms with Gasteiger partial charge in [0.2, 0.25) is 0 Å². The summed E-state index contributed by atoms with van der Waals surface area (Å²) >= 11 is 0. The summed E-state index contributed by atoms with van der Waals surface area (Å²) in [5, 5.41) is 13.0. The molecule has 142 valence electrons. The van der Waals surface area contributed by atoms with E-state index in [4.69, 9.17) is 4.74 Å². The average Bonchev–Trinajstić information content (AvgIpc) is 3.07. The molecule has 2 aromatic carbocycles. The van der Waals surface area contributed by atoms with Crippen molar-refractivity contribution >= 4 is 22.8 Å². The van der Waals surface area contributed by atoms with E-state index in [1.807, 2.05) is 0 Å². The number of unbranched alkanes of at least 4 members (excludes halogenated alkanes) is 1. The van der Waals surface area contributed by atoms with Crippen LogP contribution in [0, 0.1) is 5.82 Å². The molecule has 2 amide bonds. The predicted molar refractivity (Wildman–Crippen MR) is 99.1 cm³/mol. The highest BCUT2D eigenvalue weighted by Gasteiger charge is 2.10. The number of benzene rings is 2. The van der Waals surface area contributed by atoms with E-state index in [1.54, 1.807) is 30.3 Å². The van der Waals surface area contributed by atoms with E-state index in [-0.39, 0.29) is 19.0 Å². The third-order valence-electron chi connectivity index (χ3n) is 3.93. The maximum Gasteiger partial charge on any atom is 0.320 e. The van der Waals surface area contributed by atoms with Crippen LogP contribution in [0.4, 0.5) is 19.4 Å². The molecule has 27 heavy (non-hydrogen) atoms. The van der Waals surface area contributed by atoms with Crippen molar-refractivity contribution in [2.45, 2.75) is 19.4 Å². The third-order valence-corrected chi connectivity index (χ3v) is 3.93. The van der Waals surface area contributed by atoms with Crippen molar-refractivity contribution < 1.29 is 18.3 Å². The van der Waals surface area contributed by atoms with Crippen LogP contribution in [0.1, 0.15) is 18.4 Å². The second kappa shape index (κ2) is 8.98. The molecule has 3 rings (SSSR count). The Kier molecular flexibility index (Phi) is 6.19. The Bertz CT molecular complexity index is 896. The van der Waals surface area contributed by atoms with Gasteiger partial charge in [-0.25, -0.2) is 9.18 Å². The summed E-state index contributed by atoms with van der Waals surface area (Å²) in [4.78, 5) is 12.1. The zero-order valence-corrected chi connectivity index (χ0v) is 14.6. The molecule has 3 aromatic rings. The molecular weight excluding hydrogens is 354 g/mol. The first-order chi connectivity index (χ1) is 13.2. The fraction of sp³-hybridized carbons (Fsp3) is 0.263. The van der Waals surface area contributed by atoms with Gasteiger partial charge in [0, 0.05) is 11.9 Å². The summed E-state index contributed by atoms with van der Waals surface area (Å²) in [6.45, 7) is 0.330. The first-order valence-electron chi connectivity index (χ1n) is 8.62. The van der Waals surface area contributed by atoms with Crippen molar-refractivity contribution in [1.29, 1.82) is 0 Å². The van der Waals surface area contributed by atoms with Gasteiger partial charge in [0.1, 0.15) is 11.6 Å². The highest BCUT2D eigenvalue weighted by Crippen LogP contribution is 2.25. The second-order valence-electron chi connectivity index (χ2n) is 5.96. The highest BCUT2D eigenvalue weighted by molar-refractivity contribution is 5.99. The lowest BCUT2D eigenvalue weighted by Gasteiger charge is -2.07. The Hall–Kier alpha value is -3.16. The standard InChI is InChI=1S/C19H20F2N4O2/c20-9-1-2-10-27-15-7-8-17-16(11-15)18(25-24-17)23-19(26)22-12-13-3-5-14(21)6-4-13/h3-8,11H,1-2,9-10,12H2,(H3,22,23,24,25,26). The number of nitrogens with one attached hydrogen (secondary N) is 3. The predicted octanol–water partition coefficient (Wildman–Crippen LogP) is 4.15. The molecule has 0 saturated heterocycles. The summed E-state index contributed by atoms with van der Waals surface area (Å²) in [6, 6.07) is 10.8.